The summed E-state index contributed by atoms with van der Waals surface area (Å²) in [6, 6.07) is 3.82. The molecule has 0 amide bonds. The summed E-state index contributed by atoms with van der Waals surface area (Å²) in [5.41, 5.74) is 3.52. The lowest BCUT2D eigenvalue weighted by atomic mass is 10.3. The Balaban J connectivity index is 2.13. The lowest BCUT2D eigenvalue weighted by Crippen LogP contribution is -2.43. The highest BCUT2D eigenvalue weighted by molar-refractivity contribution is 5.52. The number of nitrogens with one attached hydrogen (secondary N) is 2. The third-order valence-electron chi connectivity index (χ3n) is 2.35. The molecule has 0 saturated carbocycles. The van der Waals surface area contributed by atoms with Crippen molar-refractivity contribution < 1.29 is 0 Å². The largest absolute Gasteiger partial charge is 0.354 e. The smallest absolute Gasteiger partial charge is 0.130 e. The van der Waals surface area contributed by atoms with Gasteiger partial charge in [-0.3, -0.25) is 5.84 Å². The average Bonchev–Trinajstić information content (AvgIpc) is 2.30. The van der Waals surface area contributed by atoms with E-state index in [4.69, 9.17) is 5.84 Å². The molecule has 2 rings (SSSR count). The van der Waals surface area contributed by atoms with Crippen LogP contribution in [0, 0.1) is 0 Å². The number of pyridine rings is 1. The van der Waals surface area contributed by atoms with Crippen LogP contribution in [0.15, 0.2) is 18.3 Å². The van der Waals surface area contributed by atoms with Gasteiger partial charge >= 0.3 is 0 Å². The molecule has 0 spiro atoms. The Morgan fingerprint density at radius 2 is 2.21 bits per heavy atom. The van der Waals surface area contributed by atoms with Gasteiger partial charge in [0.15, 0.2) is 0 Å². The monoisotopic (exact) mass is 193 g/mol. The maximum Gasteiger partial charge on any atom is 0.130 e. The van der Waals surface area contributed by atoms with Crippen LogP contribution in [0.3, 0.4) is 0 Å². The zero-order valence-electron chi connectivity index (χ0n) is 8.03. The van der Waals surface area contributed by atoms with Crippen molar-refractivity contribution in [1.29, 1.82) is 0 Å². The summed E-state index contributed by atoms with van der Waals surface area (Å²) < 4.78 is 0. The molecule has 2 heterocycles. The number of nitrogens with zero attached hydrogens (tertiary/aromatic N) is 2. The van der Waals surface area contributed by atoms with Crippen molar-refractivity contribution in [2.45, 2.75) is 0 Å². The number of piperazine rings is 1. The normalized spacial score (nSPS) is 16.8. The number of hydrogen-bond donors (Lipinski definition) is 3. The minimum Gasteiger partial charge on any atom is -0.354 e. The fourth-order valence-corrected chi connectivity index (χ4v) is 1.58. The molecule has 1 aromatic rings. The fraction of sp³-hybridized carbons (Fsp3) is 0.444. The first kappa shape index (κ1) is 9.23. The van der Waals surface area contributed by atoms with Crippen molar-refractivity contribution in [3.63, 3.8) is 0 Å². The Morgan fingerprint density at radius 1 is 1.43 bits per heavy atom. The van der Waals surface area contributed by atoms with E-state index in [2.05, 4.69) is 20.6 Å². The molecular weight excluding hydrogens is 178 g/mol. The van der Waals surface area contributed by atoms with Crippen LogP contribution in [-0.2, 0) is 0 Å². The first-order chi connectivity index (χ1) is 6.90. The third-order valence-corrected chi connectivity index (χ3v) is 2.35. The molecule has 0 atom stereocenters. The number of hydrogen-bond acceptors (Lipinski definition) is 5. The van der Waals surface area contributed by atoms with Gasteiger partial charge < -0.3 is 15.6 Å². The van der Waals surface area contributed by atoms with Crippen molar-refractivity contribution in [2.75, 3.05) is 36.5 Å². The molecule has 0 unspecified atom stereocenters. The molecule has 14 heavy (non-hydrogen) atoms. The van der Waals surface area contributed by atoms with Gasteiger partial charge in [-0.25, -0.2) is 4.98 Å². The Morgan fingerprint density at radius 3 is 2.93 bits per heavy atom. The molecule has 1 aromatic heterocycles. The second-order valence-electron chi connectivity index (χ2n) is 3.28. The van der Waals surface area contributed by atoms with Gasteiger partial charge in [-0.1, -0.05) is 0 Å². The Bertz CT molecular complexity index is 295. The summed E-state index contributed by atoms with van der Waals surface area (Å²) in [5.74, 6) is 6.33. The predicted molar refractivity (Wildman–Crippen MR) is 57.1 cm³/mol. The quantitative estimate of drug-likeness (QED) is 0.447. The number of hydrazine groups is 1. The predicted octanol–water partition coefficient (Wildman–Crippen LogP) is -0.223. The fourth-order valence-electron chi connectivity index (χ4n) is 1.58. The lowest BCUT2D eigenvalue weighted by Gasteiger charge is -2.28. The maximum absolute atomic E-state index is 5.34. The molecule has 5 nitrogen and oxygen atoms in total. The van der Waals surface area contributed by atoms with E-state index in [0.717, 1.165) is 37.7 Å². The topological polar surface area (TPSA) is 66.2 Å². The van der Waals surface area contributed by atoms with Crippen LogP contribution in [0.5, 0.6) is 0 Å². The highest BCUT2D eigenvalue weighted by Gasteiger charge is 2.11. The Hall–Kier alpha value is -1.33. The number of nitrogen functional groups attached to an aromatic ring is 1. The molecule has 76 valence electrons. The summed E-state index contributed by atoms with van der Waals surface area (Å²) in [6.07, 6.45) is 1.77. The molecule has 4 N–H and O–H groups in total. The molecule has 0 aliphatic carbocycles. The minimum absolute atomic E-state index is 0.897. The molecular formula is C9H15N5. The van der Waals surface area contributed by atoms with E-state index in [1.807, 2.05) is 12.1 Å². The summed E-state index contributed by atoms with van der Waals surface area (Å²) in [4.78, 5) is 6.56. The van der Waals surface area contributed by atoms with Gasteiger partial charge in [0.25, 0.3) is 0 Å². The second-order valence-corrected chi connectivity index (χ2v) is 3.28. The number of nitrogens with two attached hydrogens (primary N) is 1. The van der Waals surface area contributed by atoms with Gasteiger partial charge in [0, 0.05) is 38.4 Å². The average molecular weight is 193 g/mol. The summed E-state index contributed by atoms with van der Waals surface area (Å²) in [7, 11) is 0. The van der Waals surface area contributed by atoms with Crippen LogP contribution in [-0.4, -0.2) is 31.2 Å². The van der Waals surface area contributed by atoms with Crippen LogP contribution in [0.1, 0.15) is 0 Å². The molecule has 1 aliphatic rings. The summed E-state index contributed by atoms with van der Waals surface area (Å²) in [5, 5.41) is 3.30. The maximum atomic E-state index is 5.34. The Kier molecular flexibility index (Phi) is 2.81. The van der Waals surface area contributed by atoms with Gasteiger partial charge in [-0.2, -0.15) is 0 Å². The standard InChI is InChI=1S/C9H15N5/c10-13-8-1-2-12-9(7-8)14-5-3-11-4-6-14/h1-2,7,11H,3-6,10H2,(H,12,13). The van der Waals surface area contributed by atoms with E-state index in [1.165, 1.54) is 0 Å². The minimum atomic E-state index is 0.897. The van der Waals surface area contributed by atoms with Gasteiger partial charge in [0.1, 0.15) is 5.82 Å². The van der Waals surface area contributed by atoms with Crippen molar-refractivity contribution in [1.82, 2.24) is 10.3 Å². The third kappa shape index (κ3) is 1.94. The highest BCUT2D eigenvalue weighted by atomic mass is 15.2. The SMILES string of the molecule is NNc1ccnc(N2CCNCC2)c1. The van der Waals surface area contributed by atoms with Crippen molar-refractivity contribution in [2.24, 2.45) is 5.84 Å². The van der Waals surface area contributed by atoms with Crippen LogP contribution in [0.2, 0.25) is 0 Å². The Labute approximate surface area is 83.3 Å². The molecule has 1 saturated heterocycles. The van der Waals surface area contributed by atoms with Crippen LogP contribution in [0.25, 0.3) is 0 Å². The van der Waals surface area contributed by atoms with Gasteiger partial charge in [0.2, 0.25) is 0 Å². The van der Waals surface area contributed by atoms with Gasteiger partial charge in [-0.05, 0) is 6.07 Å². The molecule has 0 aromatic carbocycles. The van der Waals surface area contributed by atoms with Crippen molar-refractivity contribution >= 4 is 11.5 Å². The molecule has 1 fully saturated rings. The molecule has 0 radical (unpaired) electrons. The van der Waals surface area contributed by atoms with E-state index in [-0.39, 0.29) is 0 Å². The summed E-state index contributed by atoms with van der Waals surface area (Å²) in [6.45, 7) is 4.03. The summed E-state index contributed by atoms with van der Waals surface area (Å²) >= 11 is 0. The van der Waals surface area contributed by atoms with Crippen LogP contribution >= 0.6 is 0 Å². The van der Waals surface area contributed by atoms with Crippen LogP contribution < -0.4 is 21.5 Å². The van der Waals surface area contributed by atoms with Gasteiger partial charge in [0.05, 0.1) is 5.69 Å². The highest BCUT2D eigenvalue weighted by Crippen LogP contribution is 2.15. The lowest BCUT2D eigenvalue weighted by molar-refractivity contribution is 0.585. The first-order valence-electron chi connectivity index (χ1n) is 4.78. The van der Waals surface area contributed by atoms with E-state index < -0.39 is 0 Å². The van der Waals surface area contributed by atoms with E-state index in [1.54, 1.807) is 6.20 Å². The number of aromatic nitrogens is 1. The second kappa shape index (κ2) is 4.26. The zero-order valence-corrected chi connectivity index (χ0v) is 8.03. The van der Waals surface area contributed by atoms with Crippen LogP contribution in [0.4, 0.5) is 11.5 Å². The van der Waals surface area contributed by atoms with Crippen molar-refractivity contribution in [3.05, 3.63) is 18.3 Å². The van der Waals surface area contributed by atoms with Gasteiger partial charge in [-0.15, -0.1) is 0 Å². The number of anilines is 2. The molecule has 5 heteroatoms. The van der Waals surface area contributed by atoms with Crippen molar-refractivity contribution in [3.8, 4) is 0 Å². The first-order valence-corrected chi connectivity index (χ1v) is 4.78. The number of rotatable bonds is 2. The van der Waals surface area contributed by atoms with E-state index >= 15 is 0 Å². The molecule has 0 bridgehead atoms. The van der Waals surface area contributed by atoms with E-state index in [9.17, 15) is 0 Å². The zero-order chi connectivity index (χ0) is 9.80. The van der Waals surface area contributed by atoms with E-state index in [0.29, 0.717) is 0 Å². The molecule has 1 aliphatic heterocycles.